The lowest BCUT2D eigenvalue weighted by Crippen LogP contribution is -2.67. The molecular formula is C43H78N6O6S. The Morgan fingerprint density at radius 1 is 0.946 bits per heavy atom. The van der Waals surface area contributed by atoms with Crippen molar-refractivity contribution in [2.24, 2.45) is 23.7 Å². The number of hydrogen-bond acceptors (Lipinski definition) is 9. The number of rotatable bonds is 27. The van der Waals surface area contributed by atoms with Crippen LogP contribution < -0.4 is 10.6 Å². The van der Waals surface area contributed by atoms with Gasteiger partial charge in [0.2, 0.25) is 23.6 Å². The van der Waals surface area contributed by atoms with E-state index in [9.17, 15) is 24.0 Å². The van der Waals surface area contributed by atoms with Crippen LogP contribution in [0.15, 0.2) is 24.8 Å². The Bertz CT molecular complexity index is 1260. The molecule has 13 heteroatoms. The van der Waals surface area contributed by atoms with Gasteiger partial charge in [-0.2, -0.15) is 11.8 Å². The zero-order valence-electron chi connectivity index (χ0n) is 37.0. The Morgan fingerprint density at radius 3 is 2.11 bits per heavy atom. The fourth-order valence-electron chi connectivity index (χ4n) is 7.00. The lowest BCUT2D eigenvalue weighted by Gasteiger charge is -2.44. The van der Waals surface area contributed by atoms with E-state index in [0.717, 1.165) is 57.7 Å². The molecule has 6 atom stereocenters. The first-order valence-corrected chi connectivity index (χ1v) is 22.0. The van der Waals surface area contributed by atoms with Gasteiger partial charge in [0.05, 0.1) is 13.2 Å². The standard InChI is InChI=1S/C43H78N6O6S/c1-14-17-19-34(10)27-37(46(11)39(51)26-31(4)5)40(52)44-36(16-3)41(53)47(12)38(29-56-25-18-20-49-21-23-55-24-22-49)42(54)48(13)43(30-50,28-32(6)7)45-35(15-2)33(8)9/h14-15,17,30-38,45H,2,16,18-29H2,1,3-13H3,(H,44,52)/b17-14+/t34-,35+,36+,37-,38-,43+/m1/s1. The molecular weight excluding hydrogens is 729 g/mol. The highest BCUT2D eigenvalue weighted by atomic mass is 32.2. The summed E-state index contributed by atoms with van der Waals surface area (Å²) < 4.78 is 5.48. The molecule has 0 aromatic rings. The van der Waals surface area contributed by atoms with E-state index in [2.05, 4.69) is 29.0 Å². The van der Waals surface area contributed by atoms with Crippen molar-refractivity contribution >= 4 is 41.7 Å². The molecule has 0 bridgehead atoms. The van der Waals surface area contributed by atoms with Crippen LogP contribution in [0.1, 0.15) is 101 Å². The molecule has 4 amide bonds. The van der Waals surface area contributed by atoms with Crippen molar-refractivity contribution in [2.75, 3.05) is 65.5 Å². The molecule has 0 aliphatic carbocycles. The van der Waals surface area contributed by atoms with Crippen LogP contribution in [0.4, 0.5) is 0 Å². The SMILES string of the molecule is C=C[C@H](N[C@@](C=O)(CC(C)C)N(C)C(=O)[C@@H](CSCCCN1CCOCC1)N(C)C(=O)[C@H](CC)NC(=O)[C@@H](C[C@H](C)C/C=C/C)N(C)C(=O)CC(C)C)C(C)C. The quantitative estimate of drug-likeness (QED) is 0.0496. The number of allylic oxidation sites excluding steroid dienone is 2. The molecule has 12 nitrogen and oxygen atoms in total. The van der Waals surface area contributed by atoms with Gasteiger partial charge in [-0.25, -0.2) is 0 Å². The maximum Gasteiger partial charge on any atom is 0.247 e. The van der Waals surface area contributed by atoms with Gasteiger partial charge in [-0.1, -0.05) is 73.6 Å². The van der Waals surface area contributed by atoms with E-state index in [1.165, 1.54) is 14.7 Å². The number of hydrogen-bond donors (Lipinski definition) is 2. The highest BCUT2D eigenvalue weighted by Gasteiger charge is 2.44. The molecule has 1 aliphatic rings. The number of aldehydes is 1. The van der Waals surface area contributed by atoms with Gasteiger partial charge in [0.15, 0.2) is 11.9 Å². The van der Waals surface area contributed by atoms with E-state index in [1.54, 1.807) is 39.0 Å². The summed E-state index contributed by atoms with van der Waals surface area (Å²) in [6.07, 6.45) is 9.63. The zero-order valence-corrected chi connectivity index (χ0v) is 37.8. The van der Waals surface area contributed by atoms with Crippen molar-refractivity contribution in [2.45, 2.75) is 131 Å². The van der Waals surface area contributed by atoms with Gasteiger partial charge in [-0.05, 0) is 75.0 Å². The fourth-order valence-corrected chi connectivity index (χ4v) is 8.09. The van der Waals surface area contributed by atoms with Gasteiger partial charge in [0, 0.05) is 52.4 Å². The van der Waals surface area contributed by atoms with Crippen molar-refractivity contribution in [3.8, 4) is 0 Å². The molecule has 1 rings (SSSR count). The average molecular weight is 807 g/mol. The Hall–Kier alpha value is -2.74. The van der Waals surface area contributed by atoms with Gasteiger partial charge in [-0.15, -0.1) is 6.58 Å². The van der Waals surface area contributed by atoms with Crippen LogP contribution >= 0.6 is 11.8 Å². The summed E-state index contributed by atoms with van der Waals surface area (Å²) in [5.41, 5.74) is -1.35. The predicted octanol–water partition coefficient (Wildman–Crippen LogP) is 5.23. The molecule has 56 heavy (non-hydrogen) atoms. The third-order valence-corrected chi connectivity index (χ3v) is 11.8. The van der Waals surface area contributed by atoms with Crippen LogP contribution in [-0.2, 0) is 28.7 Å². The Kier molecular flexibility index (Phi) is 24.1. The van der Waals surface area contributed by atoms with Crippen LogP contribution in [0.2, 0.25) is 0 Å². The fraction of sp³-hybridized carbons (Fsp3) is 0.791. The molecule has 1 fully saturated rings. The lowest BCUT2D eigenvalue weighted by molar-refractivity contribution is -0.152. The highest BCUT2D eigenvalue weighted by molar-refractivity contribution is 7.99. The molecule has 1 aliphatic heterocycles. The van der Waals surface area contributed by atoms with Crippen molar-refractivity contribution in [1.82, 2.24) is 30.2 Å². The molecule has 0 aromatic heterocycles. The minimum absolute atomic E-state index is 0.0619. The van der Waals surface area contributed by atoms with Gasteiger partial charge < -0.3 is 24.8 Å². The van der Waals surface area contributed by atoms with Gasteiger partial charge in [0.25, 0.3) is 0 Å². The smallest absolute Gasteiger partial charge is 0.247 e. The van der Waals surface area contributed by atoms with E-state index in [4.69, 9.17) is 4.74 Å². The monoisotopic (exact) mass is 807 g/mol. The van der Waals surface area contributed by atoms with Crippen LogP contribution in [-0.4, -0.2) is 145 Å². The topological polar surface area (TPSA) is 132 Å². The minimum Gasteiger partial charge on any atom is -0.379 e. The number of amides is 4. The zero-order chi connectivity index (χ0) is 42.6. The molecule has 0 aromatic carbocycles. The predicted molar refractivity (Wildman–Crippen MR) is 230 cm³/mol. The normalized spacial score (nSPS) is 17.6. The second-order valence-corrected chi connectivity index (χ2v) is 17.9. The third kappa shape index (κ3) is 16.6. The van der Waals surface area contributed by atoms with E-state index in [0.29, 0.717) is 25.0 Å². The van der Waals surface area contributed by atoms with Crippen molar-refractivity contribution < 1.29 is 28.7 Å². The molecule has 0 radical (unpaired) electrons. The molecule has 322 valence electrons. The lowest BCUT2D eigenvalue weighted by atomic mass is 9.93. The summed E-state index contributed by atoms with van der Waals surface area (Å²) in [4.78, 5) is 76.4. The van der Waals surface area contributed by atoms with Crippen LogP contribution in [0.3, 0.4) is 0 Å². The second kappa shape index (κ2) is 26.3. The molecule has 0 unspecified atom stereocenters. The van der Waals surface area contributed by atoms with Crippen LogP contribution in [0, 0.1) is 23.7 Å². The first-order chi connectivity index (χ1) is 26.4. The van der Waals surface area contributed by atoms with E-state index in [1.807, 2.05) is 67.5 Å². The number of thioether (sulfide) groups is 1. The highest BCUT2D eigenvalue weighted by Crippen LogP contribution is 2.25. The Labute approximate surface area is 344 Å². The summed E-state index contributed by atoms with van der Waals surface area (Å²) in [6.45, 7) is 26.0. The third-order valence-electron chi connectivity index (χ3n) is 10.6. The molecule has 1 saturated heterocycles. The number of carbonyl (C=O) groups excluding carboxylic acids is 5. The number of morpholine rings is 1. The summed E-state index contributed by atoms with van der Waals surface area (Å²) >= 11 is 1.60. The van der Waals surface area contributed by atoms with Crippen molar-refractivity contribution in [3.63, 3.8) is 0 Å². The minimum atomic E-state index is -1.35. The van der Waals surface area contributed by atoms with Gasteiger partial charge in [0.1, 0.15) is 18.1 Å². The van der Waals surface area contributed by atoms with Crippen molar-refractivity contribution in [1.29, 1.82) is 0 Å². The number of nitrogens with one attached hydrogen (secondary N) is 2. The number of nitrogens with zero attached hydrogens (tertiary/aromatic N) is 4. The number of likely N-dealkylation sites (N-methyl/N-ethyl adjacent to an activating group) is 3. The molecule has 0 spiro atoms. The summed E-state index contributed by atoms with van der Waals surface area (Å²) in [6, 6.07) is -2.88. The molecule has 1 heterocycles. The molecule has 2 N–H and O–H groups in total. The van der Waals surface area contributed by atoms with Crippen LogP contribution in [0.25, 0.3) is 0 Å². The Morgan fingerprint density at radius 2 is 1.59 bits per heavy atom. The maximum absolute atomic E-state index is 14.8. The summed E-state index contributed by atoms with van der Waals surface area (Å²) in [5.74, 6) is 0.192. The largest absolute Gasteiger partial charge is 0.379 e. The van der Waals surface area contributed by atoms with E-state index in [-0.39, 0.29) is 47.9 Å². The maximum atomic E-state index is 14.8. The van der Waals surface area contributed by atoms with Crippen molar-refractivity contribution in [3.05, 3.63) is 24.8 Å². The Balaban J connectivity index is 3.49. The van der Waals surface area contributed by atoms with E-state index >= 15 is 0 Å². The first-order valence-electron chi connectivity index (χ1n) is 20.8. The number of ether oxygens (including phenoxy) is 1. The number of carbonyl (C=O) groups is 5. The molecule has 0 saturated carbocycles. The second-order valence-electron chi connectivity index (χ2n) is 16.8. The first kappa shape index (κ1) is 51.3. The average Bonchev–Trinajstić information content (AvgIpc) is 3.16. The summed E-state index contributed by atoms with van der Waals surface area (Å²) in [7, 11) is 4.90. The van der Waals surface area contributed by atoms with Gasteiger partial charge >= 0.3 is 0 Å². The summed E-state index contributed by atoms with van der Waals surface area (Å²) in [5, 5.41) is 6.42. The van der Waals surface area contributed by atoms with Gasteiger partial charge in [-0.3, -0.25) is 34.2 Å². The van der Waals surface area contributed by atoms with Crippen LogP contribution in [0.5, 0.6) is 0 Å². The van der Waals surface area contributed by atoms with E-state index < -0.39 is 35.6 Å².